The average Bonchev–Trinajstić information content (AvgIpc) is 3.50. The quantitative estimate of drug-likeness (QED) is 0.118. The van der Waals surface area contributed by atoms with Crippen LogP contribution in [-0.4, -0.2) is 50.8 Å². The lowest BCUT2D eigenvalue weighted by Crippen LogP contribution is -2.21. The SMILES string of the molecule is CCCCCCCc1nc(S(=O)(=O)C(c2ccccc2)c2ccccc2C(=O)O)nn1C(c1ccccc1)c1ccccc1C(=O)O.O. The number of sulfone groups is 1. The summed E-state index contributed by atoms with van der Waals surface area (Å²) in [6.07, 6.45) is 5.20. The van der Waals surface area contributed by atoms with Crippen molar-refractivity contribution in [3.8, 4) is 0 Å². The summed E-state index contributed by atoms with van der Waals surface area (Å²) < 4.78 is 31.0. The number of aryl methyl sites for hydroxylation is 1. The molecule has 2 unspecified atom stereocenters. The Labute approximate surface area is 280 Å². The standard InChI is InChI=1S/C37H37N3O6S.H2O/c1-2-3-4-5-12-25-32-38-37(39-40(32)33(26-17-8-6-9-18-26)28-21-13-15-23-30(28)35(41)42)47(45,46)34(27-19-10-7-11-20-27)29-22-14-16-24-31(29)36(43)44;/h6-11,13-24,33-34H,2-5,12,25H2,1H3,(H,41,42)(H,43,44);1H2. The molecule has 1 heterocycles. The van der Waals surface area contributed by atoms with Crippen LogP contribution in [0.15, 0.2) is 114 Å². The van der Waals surface area contributed by atoms with Crippen molar-refractivity contribution in [3.05, 3.63) is 148 Å². The fourth-order valence-corrected chi connectivity index (χ4v) is 7.62. The molecule has 0 aliphatic heterocycles. The molecule has 4 N–H and O–H groups in total. The van der Waals surface area contributed by atoms with Gasteiger partial charge in [0.05, 0.1) is 11.1 Å². The minimum atomic E-state index is -4.45. The van der Waals surface area contributed by atoms with Crippen LogP contribution in [0.5, 0.6) is 0 Å². The van der Waals surface area contributed by atoms with E-state index < -0.39 is 38.2 Å². The smallest absolute Gasteiger partial charge is 0.336 e. The molecule has 0 amide bonds. The maximum absolute atomic E-state index is 14.7. The number of hydrogen-bond acceptors (Lipinski definition) is 6. The van der Waals surface area contributed by atoms with Crippen molar-refractivity contribution in [2.45, 2.75) is 61.9 Å². The molecule has 1 aromatic heterocycles. The van der Waals surface area contributed by atoms with Gasteiger partial charge in [0, 0.05) is 6.42 Å². The Kier molecular flexibility index (Phi) is 12.0. The zero-order valence-corrected chi connectivity index (χ0v) is 27.4. The third kappa shape index (κ3) is 7.70. The van der Waals surface area contributed by atoms with E-state index >= 15 is 0 Å². The molecule has 0 bridgehead atoms. The number of aromatic carboxylic acids is 2. The number of aromatic nitrogens is 3. The van der Waals surface area contributed by atoms with Crippen molar-refractivity contribution in [1.82, 2.24) is 14.8 Å². The first-order chi connectivity index (χ1) is 22.7. The lowest BCUT2D eigenvalue weighted by Gasteiger charge is -2.22. The van der Waals surface area contributed by atoms with Gasteiger partial charge in [-0.25, -0.2) is 27.7 Å². The predicted octanol–water partition coefficient (Wildman–Crippen LogP) is 6.56. The van der Waals surface area contributed by atoms with Gasteiger partial charge in [-0.05, 0) is 40.8 Å². The number of nitrogens with zero attached hydrogens (tertiary/aromatic N) is 3. The van der Waals surface area contributed by atoms with Crippen molar-refractivity contribution >= 4 is 21.8 Å². The third-order valence-corrected chi connectivity index (χ3v) is 10.0. The van der Waals surface area contributed by atoms with Gasteiger partial charge in [0.25, 0.3) is 5.16 Å². The fraction of sp³-hybridized carbons (Fsp3) is 0.243. The fourth-order valence-electron chi connectivity index (χ4n) is 5.92. The first kappa shape index (κ1) is 35.7. The van der Waals surface area contributed by atoms with Crippen LogP contribution in [0.25, 0.3) is 0 Å². The second kappa shape index (κ2) is 16.1. The van der Waals surface area contributed by atoms with E-state index in [9.17, 15) is 28.2 Å². The molecule has 11 heteroatoms. The Bertz CT molecular complexity index is 1940. The molecule has 10 nitrogen and oxygen atoms in total. The minimum Gasteiger partial charge on any atom is -0.478 e. The summed E-state index contributed by atoms with van der Waals surface area (Å²) in [5.41, 5.74) is 1.53. The van der Waals surface area contributed by atoms with Crippen LogP contribution in [0.4, 0.5) is 0 Å². The highest BCUT2D eigenvalue weighted by Crippen LogP contribution is 2.37. The monoisotopic (exact) mass is 669 g/mol. The summed E-state index contributed by atoms with van der Waals surface area (Å²) in [5, 5.41) is 23.0. The van der Waals surface area contributed by atoms with Crippen molar-refractivity contribution in [3.63, 3.8) is 0 Å². The Morgan fingerprint density at radius 3 is 1.77 bits per heavy atom. The van der Waals surface area contributed by atoms with Gasteiger partial charge in [-0.2, -0.15) is 0 Å². The van der Waals surface area contributed by atoms with E-state index in [-0.39, 0.29) is 22.2 Å². The van der Waals surface area contributed by atoms with Crippen LogP contribution in [0.1, 0.15) is 99.1 Å². The molecule has 0 radical (unpaired) electrons. The zero-order valence-electron chi connectivity index (χ0n) is 26.6. The molecule has 4 aromatic carbocycles. The molecule has 0 fully saturated rings. The Morgan fingerprint density at radius 2 is 1.19 bits per heavy atom. The first-order valence-corrected chi connectivity index (χ1v) is 17.2. The number of hydrogen-bond donors (Lipinski definition) is 2. The predicted molar refractivity (Wildman–Crippen MR) is 182 cm³/mol. The topological polar surface area (TPSA) is 171 Å². The summed E-state index contributed by atoms with van der Waals surface area (Å²) in [6.45, 7) is 2.13. The van der Waals surface area contributed by atoms with Gasteiger partial charge in [-0.15, -0.1) is 5.10 Å². The van der Waals surface area contributed by atoms with Gasteiger partial charge in [-0.3, -0.25) is 0 Å². The Hall–Kier alpha value is -5.13. The largest absolute Gasteiger partial charge is 0.478 e. The number of carboxylic acid groups (broad SMARTS) is 2. The first-order valence-electron chi connectivity index (χ1n) is 15.7. The van der Waals surface area contributed by atoms with Gasteiger partial charge in [0.15, 0.2) is 0 Å². The molecule has 0 saturated heterocycles. The average molecular weight is 670 g/mol. The van der Waals surface area contributed by atoms with E-state index in [4.69, 9.17) is 0 Å². The normalized spacial score (nSPS) is 12.5. The maximum atomic E-state index is 14.7. The van der Waals surface area contributed by atoms with Crippen LogP contribution in [0, 0.1) is 0 Å². The number of carboxylic acids is 2. The maximum Gasteiger partial charge on any atom is 0.336 e. The molecule has 2 atom stereocenters. The number of benzene rings is 4. The molecule has 0 saturated carbocycles. The lowest BCUT2D eigenvalue weighted by molar-refractivity contribution is 0.0684. The van der Waals surface area contributed by atoms with E-state index in [0.717, 1.165) is 32.1 Å². The van der Waals surface area contributed by atoms with Crippen molar-refractivity contribution in [2.24, 2.45) is 0 Å². The molecule has 48 heavy (non-hydrogen) atoms. The summed E-state index contributed by atoms with van der Waals surface area (Å²) in [6, 6.07) is 29.5. The van der Waals surface area contributed by atoms with Crippen molar-refractivity contribution in [2.75, 3.05) is 0 Å². The molecule has 5 aromatic rings. The number of unbranched alkanes of at least 4 members (excludes halogenated alkanes) is 4. The molecular weight excluding hydrogens is 630 g/mol. The lowest BCUT2D eigenvalue weighted by atomic mass is 9.94. The van der Waals surface area contributed by atoms with Crippen LogP contribution >= 0.6 is 0 Å². The second-order valence-electron chi connectivity index (χ2n) is 11.4. The zero-order chi connectivity index (χ0) is 33.4. The number of carbonyl (C=O) groups is 2. The summed E-state index contributed by atoms with van der Waals surface area (Å²) in [4.78, 5) is 29.4. The Balaban J connectivity index is 0.00000520. The molecule has 5 rings (SSSR count). The van der Waals surface area contributed by atoms with Gasteiger partial charge >= 0.3 is 11.9 Å². The van der Waals surface area contributed by atoms with Gasteiger partial charge < -0.3 is 15.7 Å². The molecule has 0 aliphatic rings. The van der Waals surface area contributed by atoms with Gasteiger partial charge in [-0.1, -0.05) is 130 Å². The van der Waals surface area contributed by atoms with E-state index in [2.05, 4.69) is 17.0 Å². The van der Waals surface area contributed by atoms with Crippen LogP contribution in [0.3, 0.4) is 0 Å². The summed E-state index contributed by atoms with van der Waals surface area (Å²) in [5.74, 6) is -1.98. The van der Waals surface area contributed by atoms with Crippen molar-refractivity contribution in [1.29, 1.82) is 0 Å². The van der Waals surface area contributed by atoms with E-state index in [0.29, 0.717) is 28.9 Å². The molecule has 0 spiro atoms. The highest BCUT2D eigenvalue weighted by molar-refractivity contribution is 7.91. The Morgan fingerprint density at radius 1 is 0.688 bits per heavy atom. The minimum absolute atomic E-state index is 0. The highest BCUT2D eigenvalue weighted by Gasteiger charge is 2.38. The summed E-state index contributed by atoms with van der Waals surface area (Å²) >= 11 is 0. The van der Waals surface area contributed by atoms with Crippen molar-refractivity contribution < 1.29 is 33.7 Å². The molecule has 0 aliphatic carbocycles. The summed E-state index contributed by atoms with van der Waals surface area (Å²) in [7, 11) is -4.45. The number of rotatable bonds is 15. The van der Waals surface area contributed by atoms with Gasteiger partial charge in [0.1, 0.15) is 17.1 Å². The van der Waals surface area contributed by atoms with E-state index in [1.165, 1.54) is 22.9 Å². The molecular formula is C37H39N3O7S. The van der Waals surface area contributed by atoms with Crippen LogP contribution in [-0.2, 0) is 16.3 Å². The van der Waals surface area contributed by atoms with E-state index in [1.807, 2.05) is 30.3 Å². The van der Waals surface area contributed by atoms with Crippen LogP contribution < -0.4 is 0 Å². The van der Waals surface area contributed by atoms with Crippen LogP contribution in [0.2, 0.25) is 0 Å². The van der Waals surface area contributed by atoms with Gasteiger partial charge in [0.2, 0.25) is 9.84 Å². The molecule has 250 valence electrons. The second-order valence-corrected chi connectivity index (χ2v) is 13.3. The van der Waals surface area contributed by atoms with E-state index in [1.54, 1.807) is 60.7 Å². The highest BCUT2D eigenvalue weighted by atomic mass is 32.2. The third-order valence-electron chi connectivity index (χ3n) is 8.17.